The molecule has 1 aromatic heterocycles. The summed E-state index contributed by atoms with van der Waals surface area (Å²) in [4.78, 5) is 11.9. The van der Waals surface area contributed by atoms with Gasteiger partial charge in [0, 0.05) is 15.5 Å². The molecule has 2 nitrogen and oxygen atoms in total. The van der Waals surface area contributed by atoms with Gasteiger partial charge in [-0.2, -0.15) is 0 Å². The first-order valence-electron chi connectivity index (χ1n) is 4.88. The second-order valence-electron chi connectivity index (χ2n) is 3.56. The number of thiophene rings is 1. The molecule has 1 amide bonds. The second kappa shape index (κ2) is 5.49. The van der Waals surface area contributed by atoms with Gasteiger partial charge < -0.3 is 5.32 Å². The Morgan fingerprint density at radius 3 is 2.76 bits per heavy atom. The smallest absolute Gasteiger partial charge is 0.256 e. The van der Waals surface area contributed by atoms with E-state index in [1.54, 1.807) is 11.3 Å². The summed E-state index contributed by atoms with van der Waals surface area (Å²) in [5.41, 5.74) is 2.62. The van der Waals surface area contributed by atoms with Crippen LogP contribution in [0.4, 0.5) is 5.69 Å². The van der Waals surface area contributed by atoms with Crippen LogP contribution in [0.1, 0.15) is 15.9 Å². The van der Waals surface area contributed by atoms with Crippen LogP contribution in [-0.2, 0) is 0 Å². The lowest BCUT2D eigenvalue weighted by Crippen LogP contribution is -2.10. The van der Waals surface area contributed by atoms with Crippen LogP contribution in [0.5, 0.6) is 0 Å². The van der Waals surface area contributed by atoms with Crippen molar-refractivity contribution >= 4 is 61.5 Å². The van der Waals surface area contributed by atoms with Crippen LogP contribution in [0.2, 0.25) is 0 Å². The van der Waals surface area contributed by atoms with E-state index in [0.29, 0.717) is 5.56 Å². The Morgan fingerprint density at radius 1 is 1.41 bits per heavy atom. The maximum absolute atomic E-state index is 11.9. The van der Waals surface area contributed by atoms with Crippen LogP contribution in [0.3, 0.4) is 0 Å². The van der Waals surface area contributed by atoms with Gasteiger partial charge in [0.25, 0.3) is 5.91 Å². The second-order valence-corrected chi connectivity index (χ2v) is 7.22. The first kappa shape index (κ1) is 13.0. The normalized spacial score (nSPS) is 10.3. The van der Waals surface area contributed by atoms with E-state index in [2.05, 4.69) is 43.8 Å². The number of carbonyl (C=O) groups is 1. The van der Waals surface area contributed by atoms with E-state index < -0.39 is 0 Å². The molecular weight excluding hydrogens is 413 g/mol. The van der Waals surface area contributed by atoms with E-state index >= 15 is 0 Å². The number of halogens is 2. The van der Waals surface area contributed by atoms with Crippen LogP contribution in [0.25, 0.3) is 0 Å². The van der Waals surface area contributed by atoms with Crippen LogP contribution < -0.4 is 5.32 Å². The van der Waals surface area contributed by atoms with Gasteiger partial charge >= 0.3 is 0 Å². The molecule has 0 aliphatic heterocycles. The van der Waals surface area contributed by atoms with Crippen molar-refractivity contribution in [1.82, 2.24) is 0 Å². The minimum atomic E-state index is -0.0640. The largest absolute Gasteiger partial charge is 0.322 e. The van der Waals surface area contributed by atoms with Crippen LogP contribution in [0.15, 0.2) is 34.1 Å². The maximum atomic E-state index is 11.9. The van der Waals surface area contributed by atoms with Gasteiger partial charge in [0.2, 0.25) is 0 Å². The molecule has 0 unspecified atom stereocenters. The first-order valence-corrected chi connectivity index (χ1v) is 7.63. The molecule has 0 fully saturated rings. The highest BCUT2D eigenvalue weighted by Crippen LogP contribution is 2.21. The lowest BCUT2D eigenvalue weighted by molar-refractivity contribution is 0.102. The molecule has 0 saturated carbocycles. The zero-order valence-corrected chi connectivity index (χ0v) is 13.5. The van der Waals surface area contributed by atoms with E-state index in [4.69, 9.17) is 0 Å². The quantitative estimate of drug-likeness (QED) is 0.701. The minimum absolute atomic E-state index is 0.0640. The predicted octanol–water partition coefficient (Wildman–Crippen LogP) is 4.68. The number of amides is 1. The van der Waals surface area contributed by atoms with Gasteiger partial charge in [0.15, 0.2) is 0 Å². The molecule has 2 aromatic rings. The van der Waals surface area contributed by atoms with Crippen molar-refractivity contribution in [1.29, 1.82) is 0 Å². The average molecular weight is 422 g/mol. The van der Waals surface area contributed by atoms with Crippen molar-refractivity contribution in [3.05, 3.63) is 48.1 Å². The van der Waals surface area contributed by atoms with Crippen molar-refractivity contribution in [3.8, 4) is 0 Å². The summed E-state index contributed by atoms with van der Waals surface area (Å²) in [6.07, 6.45) is 0. The summed E-state index contributed by atoms with van der Waals surface area (Å²) in [5, 5.41) is 4.75. The monoisotopic (exact) mass is 421 g/mol. The number of nitrogens with one attached hydrogen (secondary N) is 1. The minimum Gasteiger partial charge on any atom is -0.322 e. The van der Waals surface area contributed by atoms with Gasteiger partial charge in [-0.15, -0.1) is 11.3 Å². The Hall–Kier alpha value is -0.400. The number of rotatable bonds is 2. The van der Waals surface area contributed by atoms with Gasteiger partial charge in [-0.05, 0) is 59.3 Å². The molecule has 0 aliphatic rings. The van der Waals surface area contributed by atoms with Crippen molar-refractivity contribution in [2.24, 2.45) is 0 Å². The summed E-state index contributed by atoms with van der Waals surface area (Å²) in [6, 6.07) is 7.64. The van der Waals surface area contributed by atoms with E-state index in [-0.39, 0.29) is 5.91 Å². The summed E-state index contributed by atoms with van der Waals surface area (Å²) in [6.45, 7) is 1.99. The zero-order chi connectivity index (χ0) is 12.4. The number of hydrogen-bond acceptors (Lipinski definition) is 2. The van der Waals surface area contributed by atoms with Crippen molar-refractivity contribution < 1.29 is 4.79 Å². The molecule has 5 heteroatoms. The molecule has 0 radical (unpaired) electrons. The molecule has 1 heterocycles. The summed E-state index contributed by atoms with van der Waals surface area (Å²) in [5.74, 6) is -0.0640. The Balaban J connectivity index is 2.15. The maximum Gasteiger partial charge on any atom is 0.256 e. The van der Waals surface area contributed by atoms with Crippen LogP contribution >= 0.6 is 49.9 Å². The Morgan fingerprint density at radius 2 is 2.18 bits per heavy atom. The number of carbonyl (C=O) groups excluding carboxylic acids is 1. The van der Waals surface area contributed by atoms with E-state index in [0.717, 1.165) is 18.6 Å². The Kier molecular flexibility index (Phi) is 4.22. The third kappa shape index (κ3) is 3.29. The number of aryl methyl sites for hydroxylation is 1. The van der Waals surface area contributed by atoms with Crippen molar-refractivity contribution in [3.63, 3.8) is 0 Å². The van der Waals surface area contributed by atoms with Gasteiger partial charge in [-0.3, -0.25) is 4.79 Å². The lowest BCUT2D eigenvalue weighted by atomic mass is 10.2. The number of anilines is 1. The molecule has 0 bridgehead atoms. The predicted molar refractivity (Wildman–Crippen MR) is 83.9 cm³/mol. The van der Waals surface area contributed by atoms with Crippen molar-refractivity contribution in [2.45, 2.75) is 6.92 Å². The Bertz CT molecular complexity index is 567. The van der Waals surface area contributed by atoms with Crippen LogP contribution in [0, 0.1) is 9.81 Å². The summed E-state index contributed by atoms with van der Waals surface area (Å²) in [7, 11) is 0. The SMILES string of the molecule is Cc1cc(NC(=O)c2csc(I)c2)ccc1Br. The fourth-order valence-electron chi connectivity index (χ4n) is 1.35. The fourth-order valence-corrected chi connectivity index (χ4v) is 2.93. The fraction of sp³-hybridized carbons (Fsp3) is 0.0833. The highest BCUT2D eigenvalue weighted by atomic mass is 127. The number of hydrogen-bond donors (Lipinski definition) is 1. The highest BCUT2D eigenvalue weighted by molar-refractivity contribution is 14.1. The standard InChI is InChI=1S/C12H9BrINOS/c1-7-4-9(2-3-10(7)13)15-12(16)8-5-11(14)17-6-8/h2-6H,1H3,(H,15,16). The van der Waals surface area contributed by atoms with Gasteiger partial charge in [0.05, 0.1) is 8.45 Å². The van der Waals surface area contributed by atoms with Crippen LogP contribution in [-0.4, -0.2) is 5.91 Å². The van der Waals surface area contributed by atoms with Gasteiger partial charge in [0.1, 0.15) is 0 Å². The highest BCUT2D eigenvalue weighted by Gasteiger charge is 2.08. The molecule has 17 heavy (non-hydrogen) atoms. The zero-order valence-electron chi connectivity index (χ0n) is 8.96. The van der Waals surface area contributed by atoms with Crippen molar-refractivity contribution in [2.75, 3.05) is 5.32 Å². The topological polar surface area (TPSA) is 29.1 Å². The third-order valence-electron chi connectivity index (χ3n) is 2.25. The van der Waals surface area contributed by atoms with E-state index in [9.17, 15) is 4.79 Å². The number of benzene rings is 1. The van der Waals surface area contributed by atoms with Gasteiger partial charge in [-0.1, -0.05) is 15.9 Å². The molecule has 1 aromatic carbocycles. The molecule has 88 valence electrons. The average Bonchev–Trinajstić information content (AvgIpc) is 2.70. The molecule has 1 N–H and O–H groups in total. The Labute approximate surface area is 126 Å². The van der Waals surface area contributed by atoms with Gasteiger partial charge in [-0.25, -0.2) is 0 Å². The first-order chi connectivity index (χ1) is 8.06. The van der Waals surface area contributed by atoms with E-state index in [1.807, 2.05) is 36.6 Å². The summed E-state index contributed by atoms with van der Waals surface area (Å²) >= 11 is 7.21. The molecule has 0 saturated heterocycles. The third-order valence-corrected chi connectivity index (χ3v) is 4.92. The summed E-state index contributed by atoms with van der Waals surface area (Å²) < 4.78 is 2.15. The molecular formula is C12H9BrINOS. The molecule has 0 aliphatic carbocycles. The molecule has 0 spiro atoms. The van der Waals surface area contributed by atoms with E-state index in [1.165, 1.54) is 0 Å². The lowest BCUT2D eigenvalue weighted by Gasteiger charge is -2.05. The molecule has 2 rings (SSSR count). The molecule has 0 atom stereocenters.